The lowest BCUT2D eigenvalue weighted by atomic mass is 10.2. The van der Waals surface area contributed by atoms with Crippen LogP contribution in [0.25, 0.3) is 0 Å². The Labute approximate surface area is 104 Å². The largest absolute Gasteiger partial charge is 0.326 e. The predicted octanol–water partition coefficient (Wildman–Crippen LogP) is 3.21. The van der Waals surface area contributed by atoms with Crippen molar-refractivity contribution in [1.82, 2.24) is 4.98 Å². The van der Waals surface area contributed by atoms with Gasteiger partial charge in [-0.05, 0) is 17.9 Å². The summed E-state index contributed by atoms with van der Waals surface area (Å²) >= 11 is 3.56. The van der Waals surface area contributed by atoms with Gasteiger partial charge < -0.3 is 5.73 Å². The first-order chi connectivity index (χ1) is 7.83. The highest BCUT2D eigenvalue weighted by molar-refractivity contribution is 7.12. The van der Waals surface area contributed by atoms with E-state index in [1.54, 1.807) is 22.7 Å². The van der Waals surface area contributed by atoms with Gasteiger partial charge in [0, 0.05) is 22.7 Å². The second-order valence-electron chi connectivity index (χ2n) is 3.69. The summed E-state index contributed by atoms with van der Waals surface area (Å²) in [7, 11) is 0. The van der Waals surface area contributed by atoms with E-state index in [1.165, 1.54) is 20.5 Å². The molecule has 0 aliphatic rings. The van der Waals surface area contributed by atoms with Crippen molar-refractivity contribution in [3.05, 3.63) is 38.0 Å². The number of rotatable bonds is 5. The normalized spacial score (nSPS) is 10.9. The van der Waals surface area contributed by atoms with Crippen LogP contribution in [0.15, 0.2) is 17.5 Å². The van der Waals surface area contributed by atoms with Crippen molar-refractivity contribution in [2.24, 2.45) is 5.73 Å². The molecule has 0 bridgehead atoms. The molecule has 16 heavy (non-hydrogen) atoms. The number of hydrogen-bond acceptors (Lipinski definition) is 4. The quantitative estimate of drug-likeness (QED) is 0.887. The van der Waals surface area contributed by atoms with Crippen LogP contribution in [0.1, 0.15) is 33.8 Å². The van der Waals surface area contributed by atoms with Crippen LogP contribution in [-0.4, -0.2) is 4.98 Å². The Bertz CT molecular complexity index is 432. The molecule has 0 saturated heterocycles. The van der Waals surface area contributed by atoms with E-state index in [0.29, 0.717) is 6.54 Å². The SMILES string of the molecule is CCCc1nc(Cc2cccs2)sc1CN. The lowest BCUT2D eigenvalue weighted by molar-refractivity contribution is 0.863. The number of thiazole rings is 1. The van der Waals surface area contributed by atoms with E-state index in [9.17, 15) is 0 Å². The van der Waals surface area contributed by atoms with Gasteiger partial charge in [-0.15, -0.1) is 22.7 Å². The standard InChI is InChI=1S/C12H16N2S2/c1-2-4-10-11(8-13)16-12(14-10)7-9-5-3-6-15-9/h3,5-6H,2,4,7-8,13H2,1H3. The van der Waals surface area contributed by atoms with E-state index in [2.05, 4.69) is 24.4 Å². The fourth-order valence-corrected chi connectivity index (χ4v) is 3.48. The number of hydrogen-bond donors (Lipinski definition) is 1. The Morgan fingerprint density at radius 2 is 2.31 bits per heavy atom. The first-order valence-corrected chi connectivity index (χ1v) is 7.23. The molecule has 4 heteroatoms. The molecule has 0 atom stereocenters. The Morgan fingerprint density at radius 3 is 2.94 bits per heavy atom. The zero-order valence-electron chi connectivity index (χ0n) is 9.40. The van der Waals surface area contributed by atoms with Crippen LogP contribution in [0.4, 0.5) is 0 Å². The van der Waals surface area contributed by atoms with Gasteiger partial charge in [-0.1, -0.05) is 19.4 Å². The van der Waals surface area contributed by atoms with Gasteiger partial charge in [0.2, 0.25) is 0 Å². The van der Waals surface area contributed by atoms with Gasteiger partial charge in [-0.25, -0.2) is 4.98 Å². The maximum Gasteiger partial charge on any atom is 0.0983 e. The van der Waals surface area contributed by atoms with Crippen LogP contribution < -0.4 is 5.73 Å². The van der Waals surface area contributed by atoms with Gasteiger partial charge >= 0.3 is 0 Å². The van der Waals surface area contributed by atoms with Crippen LogP contribution in [-0.2, 0) is 19.4 Å². The number of nitrogens with zero attached hydrogens (tertiary/aromatic N) is 1. The second-order valence-corrected chi connectivity index (χ2v) is 5.89. The van der Waals surface area contributed by atoms with Gasteiger partial charge in [0.1, 0.15) is 0 Å². The van der Waals surface area contributed by atoms with Crippen molar-refractivity contribution in [3.8, 4) is 0 Å². The Balaban J connectivity index is 2.15. The third-order valence-electron chi connectivity index (χ3n) is 2.40. The maximum atomic E-state index is 5.74. The fraction of sp³-hybridized carbons (Fsp3) is 0.417. The molecule has 2 aromatic heterocycles. The topological polar surface area (TPSA) is 38.9 Å². The molecule has 2 rings (SSSR count). The van der Waals surface area contributed by atoms with Crippen molar-refractivity contribution in [1.29, 1.82) is 0 Å². The third kappa shape index (κ3) is 2.70. The zero-order chi connectivity index (χ0) is 11.4. The van der Waals surface area contributed by atoms with Crippen molar-refractivity contribution < 1.29 is 0 Å². The fourth-order valence-electron chi connectivity index (χ4n) is 1.67. The first-order valence-electron chi connectivity index (χ1n) is 5.53. The summed E-state index contributed by atoms with van der Waals surface area (Å²) in [6.45, 7) is 2.80. The van der Waals surface area contributed by atoms with E-state index in [4.69, 9.17) is 10.7 Å². The molecule has 0 radical (unpaired) electrons. The van der Waals surface area contributed by atoms with Crippen molar-refractivity contribution in [3.63, 3.8) is 0 Å². The summed E-state index contributed by atoms with van der Waals surface area (Å²) in [6, 6.07) is 4.25. The van der Waals surface area contributed by atoms with Crippen LogP contribution in [0.2, 0.25) is 0 Å². The summed E-state index contributed by atoms with van der Waals surface area (Å²) in [5.74, 6) is 0. The molecule has 0 fully saturated rings. The number of nitrogens with two attached hydrogens (primary N) is 1. The van der Waals surface area contributed by atoms with Gasteiger partial charge in [-0.2, -0.15) is 0 Å². The summed E-state index contributed by atoms with van der Waals surface area (Å²) in [5, 5.41) is 3.31. The van der Waals surface area contributed by atoms with Crippen LogP contribution in [0.5, 0.6) is 0 Å². The van der Waals surface area contributed by atoms with E-state index in [0.717, 1.165) is 19.3 Å². The van der Waals surface area contributed by atoms with Gasteiger partial charge in [0.25, 0.3) is 0 Å². The average molecular weight is 252 g/mol. The van der Waals surface area contributed by atoms with E-state index >= 15 is 0 Å². The molecular weight excluding hydrogens is 236 g/mol. The Kier molecular flexibility index (Phi) is 4.09. The smallest absolute Gasteiger partial charge is 0.0983 e. The molecule has 0 spiro atoms. The molecule has 2 N–H and O–H groups in total. The highest BCUT2D eigenvalue weighted by Crippen LogP contribution is 2.23. The van der Waals surface area contributed by atoms with Gasteiger partial charge in [-0.3, -0.25) is 0 Å². The van der Waals surface area contributed by atoms with E-state index in [-0.39, 0.29) is 0 Å². The summed E-state index contributed by atoms with van der Waals surface area (Å²) in [4.78, 5) is 7.32. The Morgan fingerprint density at radius 1 is 1.44 bits per heavy atom. The van der Waals surface area contributed by atoms with Crippen molar-refractivity contribution in [2.45, 2.75) is 32.7 Å². The second kappa shape index (κ2) is 5.57. The van der Waals surface area contributed by atoms with Crippen LogP contribution in [0, 0.1) is 0 Å². The van der Waals surface area contributed by atoms with Crippen LogP contribution >= 0.6 is 22.7 Å². The highest BCUT2D eigenvalue weighted by atomic mass is 32.1. The zero-order valence-corrected chi connectivity index (χ0v) is 11.0. The van der Waals surface area contributed by atoms with Gasteiger partial charge in [0.05, 0.1) is 10.7 Å². The minimum absolute atomic E-state index is 0.622. The number of aromatic nitrogens is 1. The average Bonchev–Trinajstić information content (AvgIpc) is 2.89. The van der Waals surface area contributed by atoms with Crippen LogP contribution in [0.3, 0.4) is 0 Å². The molecule has 0 aromatic carbocycles. The van der Waals surface area contributed by atoms with E-state index in [1.807, 2.05) is 0 Å². The van der Waals surface area contributed by atoms with Crippen molar-refractivity contribution >= 4 is 22.7 Å². The van der Waals surface area contributed by atoms with E-state index < -0.39 is 0 Å². The minimum Gasteiger partial charge on any atom is -0.326 e. The molecule has 0 saturated carbocycles. The molecular formula is C12H16N2S2. The predicted molar refractivity (Wildman–Crippen MR) is 71.1 cm³/mol. The highest BCUT2D eigenvalue weighted by Gasteiger charge is 2.09. The monoisotopic (exact) mass is 252 g/mol. The van der Waals surface area contributed by atoms with Gasteiger partial charge in [0.15, 0.2) is 0 Å². The molecule has 0 amide bonds. The number of thiophene rings is 1. The molecule has 0 unspecified atom stereocenters. The summed E-state index contributed by atoms with van der Waals surface area (Å²) < 4.78 is 0. The molecule has 0 aliphatic carbocycles. The lowest BCUT2D eigenvalue weighted by Crippen LogP contribution is -1.98. The first kappa shape index (κ1) is 11.8. The third-order valence-corrected chi connectivity index (χ3v) is 4.40. The molecule has 0 aliphatic heterocycles. The Hall–Kier alpha value is -0.710. The minimum atomic E-state index is 0.622. The molecule has 2 nitrogen and oxygen atoms in total. The maximum absolute atomic E-state index is 5.74. The number of aryl methyl sites for hydroxylation is 1. The summed E-state index contributed by atoms with van der Waals surface area (Å²) in [5.41, 5.74) is 6.95. The molecule has 86 valence electrons. The molecule has 2 heterocycles. The van der Waals surface area contributed by atoms with Crippen molar-refractivity contribution in [2.75, 3.05) is 0 Å². The molecule has 2 aromatic rings. The lowest BCUT2D eigenvalue weighted by Gasteiger charge is -1.94. The summed E-state index contributed by atoms with van der Waals surface area (Å²) in [6.07, 6.45) is 3.14.